The first-order chi connectivity index (χ1) is 13.6. The quantitative estimate of drug-likeness (QED) is 0.446. The molecule has 1 aliphatic carbocycles. The minimum atomic E-state index is -0.418. The minimum Gasteiger partial charge on any atom is -0.497 e. The van der Waals surface area contributed by atoms with E-state index < -0.39 is 5.92 Å². The largest absolute Gasteiger partial charge is 0.497 e. The Labute approximate surface area is 163 Å². The van der Waals surface area contributed by atoms with Crippen LogP contribution in [0.1, 0.15) is 29.0 Å². The third kappa shape index (κ3) is 3.72. The molecule has 2 atom stereocenters. The van der Waals surface area contributed by atoms with Crippen molar-refractivity contribution in [3.8, 4) is 17.9 Å². The standard InChI is InChI=1S/C22H19N3O3/c1-28-18-8-10-19-16(11-18)7-9-20(22(19)17(12-23)13-24)21(14-25(26)27)15-5-3-2-4-6-15/h2-6,8,10-11,20-21H,7,9,14H2,1H3/t20-,21-/m0/s1. The van der Waals surface area contributed by atoms with Crippen LogP contribution in [0.25, 0.3) is 5.57 Å². The molecule has 0 N–H and O–H groups in total. The summed E-state index contributed by atoms with van der Waals surface area (Å²) in [5.74, 6) is -0.00179. The molecule has 0 radical (unpaired) electrons. The maximum Gasteiger partial charge on any atom is 0.211 e. The fraction of sp³-hybridized carbons (Fsp3) is 0.273. The maximum absolute atomic E-state index is 11.4. The van der Waals surface area contributed by atoms with Gasteiger partial charge in [-0.05, 0) is 53.2 Å². The summed E-state index contributed by atoms with van der Waals surface area (Å²) in [6.07, 6.45) is 1.32. The molecule has 0 aliphatic heterocycles. The SMILES string of the molecule is COc1ccc2c(c1)CC[C@@H]([C@@H](C[N+](=O)[O-])c1ccccc1)C2=C(C#N)C#N. The average Bonchev–Trinajstić information content (AvgIpc) is 2.73. The van der Waals surface area contributed by atoms with E-state index in [0.717, 1.165) is 16.7 Å². The molecule has 0 spiro atoms. The number of methoxy groups -OCH3 is 1. The van der Waals surface area contributed by atoms with Crippen molar-refractivity contribution in [2.24, 2.45) is 5.92 Å². The van der Waals surface area contributed by atoms with Gasteiger partial charge in [0.2, 0.25) is 6.54 Å². The Kier molecular flexibility index (Phi) is 5.72. The highest BCUT2D eigenvalue weighted by molar-refractivity contribution is 5.80. The normalized spacial score (nSPS) is 16.2. The summed E-state index contributed by atoms with van der Waals surface area (Å²) in [6, 6.07) is 18.8. The predicted octanol–water partition coefficient (Wildman–Crippen LogP) is 4.12. The number of nitrogens with zero attached hydrogens (tertiary/aromatic N) is 3. The number of hydrogen-bond donors (Lipinski definition) is 0. The zero-order chi connectivity index (χ0) is 20.1. The van der Waals surface area contributed by atoms with Crippen LogP contribution in [-0.4, -0.2) is 18.6 Å². The average molecular weight is 373 g/mol. The van der Waals surface area contributed by atoms with Crippen molar-refractivity contribution >= 4 is 5.57 Å². The Morgan fingerprint density at radius 1 is 1.25 bits per heavy atom. The molecule has 3 rings (SSSR count). The number of allylic oxidation sites excluding steroid dienone is 2. The van der Waals surface area contributed by atoms with Gasteiger partial charge in [-0.2, -0.15) is 10.5 Å². The number of rotatable bonds is 5. The van der Waals surface area contributed by atoms with Crippen molar-refractivity contribution in [1.29, 1.82) is 10.5 Å². The fourth-order valence-electron chi connectivity index (χ4n) is 4.02. The van der Waals surface area contributed by atoms with Crippen LogP contribution >= 0.6 is 0 Å². The molecule has 0 saturated heterocycles. The monoisotopic (exact) mass is 373 g/mol. The summed E-state index contributed by atoms with van der Waals surface area (Å²) in [7, 11) is 1.59. The maximum atomic E-state index is 11.4. The number of nitro groups is 1. The van der Waals surface area contributed by atoms with Crippen LogP contribution in [0.5, 0.6) is 5.75 Å². The number of ether oxygens (including phenoxy) is 1. The molecule has 6 nitrogen and oxygen atoms in total. The number of hydrogen-bond acceptors (Lipinski definition) is 5. The van der Waals surface area contributed by atoms with Gasteiger partial charge in [0.25, 0.3) is 0 Å². The van der Waals surface area contributed by atoms with Crippen LogP contribution in [0, 0.1) is 38.7 Å². The van der Waals surface area contributed by atoms with E-state index in [0.29, 0.717) is 24.2 Å². The van der Waals surface area contributed by atoms with E-state index in [1.807, 2.05) is 54.6 Å². The highest BCUT2D eigenvalue weighted by Crippen LogP contribution is 2.45. The van der Waals surface area contributed by atoms with Crippen molar-refractivity contribution in [2.45, 2.75) is 18.8 Å². The third-order valence-corrected chi connectivity index (χ3v) is 5.25. The van der Waals surface area contributed by atoms with Gasteiger partial charge in [-0.25, -0.2) is 0 Å². The minimum absolute atomic E-state index is 0.0143. The topological polar surface area (TPSA) is 99.9 Å². The van der Waals surface area contributed by atoms with Gasteiger partial charge in [-0.1, -0.05) is 36.4 Å². The smallest absolute Gasteiger partial charge is 0.211 e. The van der Waals surface area contributed by atoms with Crippen molar-refractivity contribution in [3.63, 3.8) is 0 Å². The summed E-state index contributed by atoms with van der Waals surface area (Å²) in [4.78, 5) is 11.1. The number of fused-ring (bicyclic) bond motifs is 1. The van der Waals surface area contributed by atoms with Crippen molar-refractivity contribution in [1.82, 2.24) is 0 Å². The predicted molar refractivity (Wildman–Crippen MR) is 104 cm³/mol. The lowest BCUT2D eigenvalue weighted by atomic mass is 9.70. The molecule has 6 heteroatoms. The van der Waals surface area contributed by atoms with Gasteiger partial charge in [0.05, 0.1) is 13.0 Å². The number of aryl methyl sites for hydroxylation is 1. The van der Waals surface area contributed by atoms with E-state index in [4.69, 9.17) is 4.74 Å². The molecule has 2 aromatic rings. The second-order valence-corrected chi connectivity index (χ2v) is 6.71. The van der Waals surface area contributed by atoms with Gasteiger partial charge in [0.1, 0.15) is 23.5 Å². The Morgan fingerprint density at radius 3 is 2.57 bits per heavy atom. The molecular weight excluding hydrogens is 354 g/mol. The summed E-state index contributed by atoms with van der Waals surface area (Å²) in [5.41, 5.74) is 3.25. The second kappa shape index (κ2) is 8.37. The lowest BCUT2D eigenvalue weighted by Gasteiger charge is -2.33. The first-order valence-corrected chi connectivity index (χ1v) is 8.97. The highest BCUT2D eigenvalue weighted by Gasteiger charge is 2.36. The van der Waals surface area contributed by atoms with E-state index in [-0.39, 0.29) is 23.0 Å². The molecule has 0 heterocycles. The Morgan fingerprint density at radius 2 is 1.96 bits per heavy atom. The summed E-state index contributed by atoms with van der Waals surface area (Å²) >= 11 is 0. The van der Waals surface area contributed by atoms with Gasteiger partial charge in [0.15, 0.2) is 0 Å². The van der Waals surface area contributed by atoms with Crippen LogP contribution in [0.2, 0.25) is 0 Å². The molecule has 28 heavy (non-hydrogen) atoms. The molecule has 0 unspecified atom stereocenters. The Bertz CT molecular complexity index is 984. The zero-order valence-electron chi connectivity index (χ0n) is 15.5. The van der Waals surface area contributed by atoms with Crippen molar-refractivity contribution in [3.05, 3.63) is 80.9 Å². The number of benzene rings is 2. The lowest BCUT2D eigenvalue weighted by Crippen LogP contribution is -2.26. The second-order valence-electron chi connectivity index (χ2n) is 6.71. The van der Waals surface area contributed by atoms with Crippen molar-refractivity contribution < 1.29 is 9.66 Å². The molecule has 0 fully saturated rings. The van der Waals surface area contributed by atoms with Gasteiger partial charge in [0, 0.05) is 4.92 Å². The van der Waals surface area contributed by atoms with Gasteiger partial charge >= 0.3 is 0 Å². The summed E-state index contributed by atoms with van der Waals surface area (Å²) < 4.78 is 5.29. The van der Waals surface area contributed by atoms with E-state index >= 15 is 0 Å². The first-order valence-electron chi connectivity index (χ1n) is 8.97. The Balaban J connectivity index is 2.18. The molecule has 2 aromatic carbocycles. The molecule has 0 amide bonds. The van der Waals surface area contributed by atoms with E-state index in [2.05, 4.69) is 0 Å². The summed E-state index contributed by atoms with van der Waals surface area (Å²) in [6.45, 7) is -0.256. The van der Waals surface area contributed by atoms with Crippen molar-refractivity contribution in [2.75, 3.05) is 13.7 Å². The van der Waals surface area contributed by atoms with Gasteiger partial charge in [-0.3, -0.25) is 10.1 Å². The van der Waals surface area contributed by atoms with Crippen LogP contribution < -0.4 is 4.74 Å². The van der Waals surface area contributed by atoms with E-state index in [9.17, 15) is 20.6 Å². The van der Waals surface area contributed by atoms with Crippen LogP contribution in [0.15, 0.2) is 54.1 Å². The third-order valence-electron chi connectivity index (χ3n) is 5.25. The molecule has 1 aliphatic rings. The van der Waals surface area contributed by atoms with Crippen LogP contribution in [-0.2, 0) is 6.42 Å². The molecular formula is C22H19N3O3. The number of nitriles is 2. The molecule has 0 aromatic heterocycles. The summed E-state index contributed by atoms with van der Waals surface area (Å²) in [5, 5.41) is 30.5. The first kappa shape index (κ1) is 19.1. The van der Waals surface area contributed by atoms with E-state index in [1.165, 1.54) is 0 Å². The van der Waals surface area contributed by atoms with Gasteiger partial charge in [-0.15, -0.1) is 0 Å². The van der Waals surface area contributed by atoms with E-state index in [1.54, 1.807) is 13.2 Å². The highest BCUT2D eigenvalue weighted by atomic mass is 16.6. The van der Waals surface area contributed by atoms with Gasteiger partial charge < -0.3 is 4.74 Å². The molecule has 0 saturated carbocycles. The molecule has 0 bridgehead atoms. The Hall–Kier alpha value is -3.64. The lowest BCUT2D eigenvalue weighted by molar-refractivity contribution is -0.484. The molecule has 140 valence electrons. The fourth-order valence-corrected chi connectivity index (χ4v) is 4.02. The van der Waals surface area contributed by atoms with Crippen LogP contribution in [0.4, 0.5) is 0 Å². The van der Waals surface area contributed by atoms with Crippen LogP contribution in [0.3, 0.4) is 0 Å². The zero-order valence-corrected chi connectivity index (χ0v) is 15.5.